The van der Waals surface area contributed by atoms with E-state index in [0.29, 0.717) is 18.5 Å². The summed E-state index contributed by atoms with van der Waals surface area (Å²) < 4.78 is 0. The van der Waals surface area contributed by atoms with Crippen LogP contribution >= 0.6 is 0 Å². The van der Waals surface area contributed by atoms with Crippen LogP contribution in [0.5, 0.6) is 0 Å². The Labute approximate surface area is 134 Å². The molecule has 2 N–H and O–H groups in total. The highest BCUT2D eigenvalue weighted by molar-refractivity contribution is 5.75. The summed E-state index contributed by atoms with van der Waals surface area (Å²) in [4.78, 5) is 16.9. The van der Waals surface area contributed by atoms with Gasteiger partial charge in [0.1, 0.15) is 0 Å². The maximum atomic E-state index is 12.4. The van der Waals surface area contributed by atoms with Crippen LogP contribution in [0.2, 0.25) is 0 Å². The van der Waals surface area contributed by atoms with Crippen molar-refractivity contribution in [1.29, 1.82) is 0 Å². The summed E-state index contributed by atoms with van der Waals surface area (Å²) in [5.74, 6) is 0.563. The second kappa shape index (κ2) is 7.18. The van der Waals surface area contributed by atoms with Gasteiger partial charge in [-0.15, -0.1) is 0 Å². The Kier molecular flexibility index (Phi) is 5.24. The Balaban J connectivity index is 1.49. The molecule has 0 aromatic rings. The number of hydrogen-bond donors (Lipinski definition) is 2. The largest absolute Gasteiger partial charge is 0.395 e. The zero-order valence-electron chi connectivity index (χ0n) is 13.8. The van der Waals surface area contributed by atoms with Crippen LogP contribution < -0.4 is 5.32 Å². The summed E-state index contributed by atoms with van der Waals surface area (Å²) in [5.41, 5.74) is 0. The van der Waals surface area contributed by atoms with Gasteiger partial charge in [-0.2, -0.15) is 0 Å². The third-order valence-electron chi connectivity index (χ3n) is 5.73. The average Bonchev–Trinajstić information content (AvgIpc) is 3.27. The Morgan fingerprint density at radius 2 is 2.05 bits per heavy atom. The number of nitrogens with zero attached hydrogens (tertiary/aromatic N) is 2. The SMILES string of the molecule is CC(NC(=O)N(CCO)C1CC1)C1CCCN(C2CCC2)C1. The molecular formula is C17H31N3O2. The summed E-state index contributed by atoms with van der Waals surface area (Å²) in [7, 11) is 0. The molecular weight excluding hydrogens is 278 g/mol. The van der Waals surface area contributed by atoms with Crippen molar-refractivity contribution in [3.05, 3.63) is 0 Å². The van der Waals surface area contributed by atoms with Crippen LogP contribution in [0.15, 0.2) is 0 Å². The van der Waals surface area contributed by atoms with Crippen LogP contribution in [0.25, 0.3) is 0 Å². The van der Waals surface area contributed by atoms with Gasteiger partial charge >= 0.3 is 6.03 Å². The summed E-state index contributed by atoms with van der Waals surface area (Å²) in [6.07, 6.45) is 8.74. The molecule has 3 rings (SSSR count). The van der Waals surface area contributed by atoms with Gasteiger partial charge in [0.05, 0.1) is 6.61 Å². The molecule has 0 aromatic carbocycles. The lowest BCUT2D eigenvalue weighted by atomic mass is 9.86. The molecule has 1 saturated heterocycles. The van der Waals surface area contributed by atoms with Gasteiger partial charge in [0.25, 0.3) is 0 Å². The van der Waals surface area contributed by atoms with E-state index in [1.165, 1.54) is 38.6 Å². The molecule has 22 heavy (non-hydrogen) atoms. The smallest absolute Gasteiger partial charge is 0.317 e. The van der Waals surface area contributed by atoms with Crippen LogP contribution in [0.4, 0.5) is 4.79 Å². The first-order chi connectivity index (χ1) is 10.7. The van der Waals surface area contributed by atoms with Crippen LogP contribution in [-0.4, -0.2) is 65.3 Å². The van der Waals surface area contributed by atoms with Crippen molar-refractivity contribution in [2.75, 3.05) is 26.2 Å². The zero-order valence-corrected chi connectivity index (χ0v) is 13.8. The van der Waals surface area contributed by atoms with Gasteiger partial charge in [-0.25, -0.2) is 4.79 Å². The lowest BCUT2D eigenvalue weighted by Gasteiger charge is -2.44. The molecule has 2 amide bonds. The van der Waals surface area contributed by atoms with E-state index in [9.17, 15) is 4.79 Å². The van der Waals surface area contributed by atoms with E-state index in [4.69, 9.17) is 5.11 Å². The molecule has 126 valence electrons. The highest BCUT2D eigenvalue weighted by Crippen LogP contribution is 2.30. The molecule has 5 nitrogen and oxygen atoms in total. The molecule has 5 heteroatoms. The molecule has 2 aliphatic carbocycles. The number of piperidine rings is 1. The Morgan fingerprint density at radius 3 is 2.64 bits per heavy atom. The fraction of sp³-hybridized carbons (Fsp3) is 0.941. The van der Waals surface area contributed by atoms with Crippen LogP contribution in [-0.2, 0) is 0 Å². The van der Waals surface area contributed by atoms with Crippen molar-refractivity contribution in [3.63, 3.8) is 0 Å². The minimum absolute atomic E-state index is 0.0183. The average molecular weight is 309 g/mol. The maximum absolute atomic E-state index is 12.4. The summed E-state index contributed by atoms with van der Waals surface area (Å²) in [5, 5.41) is 12.3. The highest BCUT2D eigenvalue weighted by atomic mass is 16.3. The van der Waals surface area contributed by atoms with Crippen molar-refractivity contribution >= 4 is 6.03 Å². The molecule has 3 fully saturated rings. The Morgan fingerprint density at radius 1 is 1.27 bits per heavy atom. The van der Waals surface area contributed by atoms with E-state index in [2.05, 4.69) is 17.1 Å². The number of likely N-dealkylation sites (tertiary alicyclic amines) is 1. The van der Waals surface area contributed by atoms with Crippen molar-refractivity contribution in [2.24, 2.45) is 5.92 Å². The second-order valence-electron chi connectivity index (χ2n) is 7.37. The number of aliphatic hydroxyl groups excluding tert-OH is 1. The Bertz CT molecular complexity index is 382. The van der Waals surface area contributed by atoms with Crippen molar-refractivity contribution in [2.45, 2.75) is 70.0 Å². The monoisotopic (exact) mass is 309 g/mol. The number of hydrogen-bond acceptors (Lipinski definition) is 3. The number of aliphatic hydroxyl groups is 1. The summed E-state index contributed by atoms with van der Waals surface area (Å²) in [6.45, 7) is 5.03. The molecule has 0 radical (unpaired) electrons. The van der Waals surface area contributed by atoms with E-state index in [1.807, 2.05) is 4.90 Å². The second-order valence-corrected chi connectivity index (χ2v) is 7.37. The highest BCUT2D eigenvalue weighted by Gasteiger charge is 2.35. The van der Waals surface area contributed by atoms with E-state index in [-0.39, 0.29) is 18.7 Å². The van der Waals surface area contributed by atoms with E-state index >= 15 is 0 Å². The first-order valence-electron chi connectivity index (χ1n) is 9.11. The van der Waals surface area contributed by atoms with E-state index in [0.717, 1.165) is 25.4 Å². The van der Waals surface area contributed by atoms with Crippen LogP contribution in [0.1, 0.15) is 51.9 Å². The molecule has 0 spiro atoms. The molecule has 2 saturated carbocycles. The van der Waals surface area contributed by atoms with E-state index < -0.39 is 0 Å². The van der Waals surface area contributed by atoms with Crippen molar-refractivity contribution in [1.82, 2.24) is 15.1 Å². The minimum atomic E-state index is 0.0183. The third kappa shape index (κ3) is 3.74. The predicted octanol–water partition coefficient (Wildman–Crippen LogP) is 1.81. The fourth-order valence-corrected chi connectivity index (χ4v) is 3.87. The van der Waals surface area contributed by atoms with Gasteiger partial charge in [0.2, 0.25) is 0 Å². The number of rotatable bonds is 6. The standard InChI is InChI=1S/C17H31N3O2/c1-13(18-17(22)20(10-11-21)16-7-8-16)14-4-3-9-19(12-14)15-5-2-6-15/h13-16,21H,2-12H2,1H3,(H,18,22). The van der Waals surface area contributed by atoms with Gasteiger partial charge in [-0.05, 0) is 57.9 Å². The Hall–Kier alpha value is -0.810. The molecule has 2 atom stereocenters. The number of amides is 2. The lowest BCUT2D eigenvalue weighted by Crippen LogP contribution is -2.53. The summed E-state index contributed by atoms with van der Waals surface area (Å²) in [6, 6.07) is 1.40. The van der Waals surface area contributed by atoms with Crippen molar-refractivity contribution in [3.8, 4) is 0 Å². The molecule has 1 aliphatic heterocycles. The van der Waals surface area contributed by atoms with Crippen LogP contribution in [0, 0.1) is 5.92 Å². The topological polar surface area (TPSA) is 55.8 Å². The molecule has 0 aromatic heterocycles. The third-order valence-corrected chi connectivity index (χ3v) is 5.73. The first-order valence-corrected chi connectivity index (χ1v) is 9.11. The van der Waals surface area contributed by atoms with Gasteiger partial charge in [-0.1, -0.05) is 6.42 Å². The molecule has 3 aliphatic rings. The quantitative estimate of drug-likeness (QED) is 0.787. The first kappa shape index (κ1) is 16.1. The predicted molar refractivity (Wildman–Crippen MR) is 86.7 cm³/mol. The molecule has 1 heterocycles. The van der Waals surface area contributed by atoms with Crippen LogP contribution in [0.3, 0.4) is 0 Å². The summed E-state index contributed by atoms with van der Waals surface area (Å²) >= 11 is 0. The maximum Gasteiger partial charge on any atom is 0.317 e. The minimum Gasteiger partial charge on any atom is -0.395 e. The van der Waals surface area contributed by atoms with Gasteiger partial charge in [0, 0.05) is 31.2 Å². The van der Waals surface area contributed by atoms with Gasteiger partial charge in [0.15, 0.2) is 0 Å². The fourth-order valence-electron chi connectivity index (χ4n) is 3.87. The van der Waals surface area contributed by atoms with Gasteiger partial charge in [-0.3, -0.25) is 0 Å². The van der Waals surface area contributed by atoms with Gasteiger partial charge < -0.3 is 20.2 Å². The normalized spacial score (nSPS) is 28.0. The number of carbonyl (C=O) groups is 1. The van der Waals surface area contributed by atoms with Crippen molar-refractivity contribution < 1.29 is 9.90 Å². The zero-order chi connectivity index (χ0) is 15.5. The number of carbonyl (C=O) groups excluding carboxylic acids is 1. The number of urea groups is 1. The lowest BCUT2D eigenvalue weighted by molar-refractivity contribution is 0.0666. The molecule has 0 bridgehead atoms. The molecule has 2 unspecified atom stereocenters. The van der Waals surface area contributed by atoms with E-state index in [1.54, 1.807) is 0 Å². The number of nitrogens with one attached hydrogen (secondary N) is 1.